The molecule has 0 saturated carbocycles. The summed E-state index contributed by atoms with van der Waals surface area (Å²) in [6.45, 7) is 6.52. The van der Waals surface area contributed by atoms with Crippen LogP contribution in [0.2, 0.25) is 0 Å². The van der Waals surface area contributed by atoms with E-state index in [-0.39, 0.29) is 16.7 Å². The second kappa shape index (κ2) is 4.65. The van der Waals surface area contributed by atoms with Crippen molar-refractivity contribution in [2.24, 2.45) is 0 Å². The molecule has 0 saturated heterocycles. The molecule has 108 valence electrons. The zero-order valence-corrected chi connectivity index (χ0v) is 11.8. The fraction of sp³-hybridized carbons (Fsp3) is 0.400. The summed E-state index contributed by atoms with van der Waals surface area (Å²) in [6.07, 6.45) is 0. The van der Waals surface area contributed by atoms with Gasteiger partial charge in [0.1, 0.15) is 17.3 Å². The van der Waals surface area contributed by atoms with Crippen molar-refractivity contribution in [1.29, 1.82) is 0 Å². The lowest BCUT2D eigenvalue weighted by molar-refractivity contribution is 0.0177. The summed E-state index contributed by atoms with van der Waals surface area (Å²) < 4.78 is 45.6. The molecule has 0 aliphatic heterocycles. The molecule has 1 aromatic carbocycles. The number of rotatable bonds is 2. The smallest absolute Gasteiger partial charge is 0.271 e. The maximum atomic E-state index is 13.6. The lowest BCUT2D eigenvalue weighted by Gasteiger charge is -2.14. The van der Waals surface area contributed by atoms with E-state index in [0.717, 1.165) is 19.1 Å². The van der Waals surface area contributed by atoms with Gasteiger partial charge in [0.15, 0.2) is 0 Å². The van der Waals surface area contributed by atoms with Crippen molar-refractivity contribution in [1.82, 2.24) is 5.16 Å². The predicted molar refractivity (Wildman–Crippen MR) is 70.2 cm³/mol. The third kappa shape index (κ3) is 2.86. The summed E-state index contributed by atoms with van der Waals surface area (Å²) in [6, 6.07) is 4.88. The summed E-state index contributed by atoms with van der Waals surface area (Å²) in [7, 11) is 0. The van der Waals surface area contributed by atoms with E-state index >= 15 is 0 Å². The fourth-order valence-electron chi connectivity index (χ4n) is 1.86. The van der Waals surface area contributed by atoms with Gasteiger partial charge in [0.2, 0.25) is 0 Å². The van der Waals surface area contributed by atoms with Crippen molar-refractivity contribution in [3.63, 3.8) is 0 Å². The van der Waals surface area contributed by atoms with Crippen LogP contribution in [0.1, 0.15) is 39.0 Å². The SMILES string of the molecule is CC(C)(C)c1cc(-c2ccc(F)cc2C(C)(F)F)no1. The van der Waals surface area contributed by atoms with Crippen molar-refractivity contribution < 1.29 is 17.7 Å². The standard InChI is InChI=1S/C15H16F3NO/c1-14(2,3)13-8-12(19-20-13)10-6-5-9(16)7-11(10)15(4,17)18/h5-8H,1-4H3. The van der Waals surface area contributed by atoms with E-state index in [2.05, 4.69) is 5.16 Å². The van der Waals surface area contributed by atoms with Crippen LogP contribution in [0.15, 0.2) is 28.8 Å². The van der Waals surface area contributed by atoms with E-state index < -0.39 is 17.3 Å². The number of hydrogen-bond donors (Lipinski definition) is 0. The second-order valence-electron chi connectivity index (χ2n) is 5.90. The second-order valence-corrected chi connectivity index (χ2v) is 5.90. The van der Waals surface area contributed by atoms with Crippen LogP contribution >= 0.6 is 0 Å². The van der Waals surface area contributed by atoms with E-state index in [4.69, 9.17) is 4.52 Å². The van der Waals surface area contributed by atoms with Gasteiger partial charge in [-0.2, -0.15) is 0 Å². The van der Waals surface area contributed by atoms with Gasteiger partial charge in [-0.15, -0.1) is 0 Å². The van der Waals surface area contributed by atoms with Gasteiger partial charge in [-0.3, -0.25) is 0 Å². The van der Waals surface area contributed by atoms with E-state index in [1.54, 1.807) is 6.07 Å². The molecule has 0 aliphatic carbocycles. The molecule has 20 heavy (non-hydrogen) atoms. The van der Waals surface area contributed by atoms with Crippen molar-refractivity contribution in [2.75, 3.05) is 0 Å². The Morgan fingerprint density at radius 1 is 1.05 bits per heavy atom. The molecule has 2 aromatic rings. The van der Waals surface area contributed by atoms with E-state index in [9.17, 15) is 13.2 Å². The first-order valence-corrected chi connectivity index (χ1v) is 6.24. The van der Waals surface area contributed by atoms with Crippen LogP contribution in [0, 0.1) is 5.82 Å². The minimum Gasteiger partial charge on any atom is -0.360 e. The number of halogens is 3. The van der Waals surface area contributed by atoms with Gasteiger partial charge in [0.05, 0.1) is 0 Å². The minimum absolute atomic E-state index is 0.179. The molecule has 2 rings (SSSR count). The molecular weight excluding hydrogens is 267 g/mol. The average Bonchev–Trinajstić information content (AvgIpc) is 2.76. The van der Waals surface area contributed by atoms with E-state index in [0.29, 0.717) is 5.76 Å². The average molecular weight is 283 g/mol. The minimum atomic E-state index is -3.15. The maximum Gasteiger partial charge on any atom is 0.271 e. The molecule has 0 radical (unpaired) electrons. The molecule has 0 amide bonds. The van der Waals surface area contributed by atoms with Crippen molar-refractivity contribution in [2.45, 2.75) is 39.0 Å². The Hall–Kier alpha value is -1.78. The Morgan fingerprint density at radius 2 is 1.70 bits per heavy atom. The molecule has 0 N–H and O–H groups in total. The molecule has 0 atom stereocenters. The Labute approximate surface area is 115 Å². The van der Waals surface area contributed by atoms with Gasteiger partial charge in [-0.1, -0.05) is 25.9 Å². The molecule has 0 unspecified atom stereocenters. The summed E-state index contributed by atoms with van der Waals surface area (Å²) in [5.41, 5.74) is -0.212. The molecular formula is C15H16F3NO. The summed E-state index contributed by atoms with van der Waals surface area (Å²) in [5, 5.41) is 3.83. The van der Waals surface area contributed by atoms with Crippen LogP contribution in [0.25, 0.3) is 11.3 Å². The van der Waals surface area contributed by atoms with Crippen LogP contribution in [0.4, 0.5) is 13.2 Å². The molecule has 2 nitrogen and oxygen atoms in total. The van der Waals surface area contributed by atoms with Gasteiger partial charge in [-0.05, 0) is 18.2 Å². The summed E-state index contributed by atoms with van der Waals surface area (Å²) in [4.78, 5) is 0. The highest BCUT2D eigenvalue weighted by atomic mass is 19.3. The Balaban J connectivity index is 2.56. The lowest BCUT2D eigenvalue weighted by atomic mass is 9.92. The first-order chi connectivity index (χ1) is 9.09. The Morgan fingerprint density at radius 3 is 2.20 bits per heavy atom. The highest BCUT2D eigenvalue weighted by Crippen LogP contribution is 2.37. The van der Waals surface area contributed by atoms with Crippen LogP contribution in [0.3, 0.4) is 0 Å². The topological polar surface area (TPSA) is 26.0 Å². The van der Waals surface area contributed by atoms with E-state index in [1.165, 1.54) is 6.07 Å². The van der Waals surface area contributed by atoms with Gasteiger partial charge in [-0.25, -0.2) is 13.2 Å². The molecule has 0 fully saturated rings. The number of nitrogens with zero attached hydrogens (tertiary/aromatic N) is 1. The van der Waals surface area contributed by atoms with Crippen LogP contribution in [-0.4, -0.2) is 5.16 Å². The first-order valence-electron chi connectivity index (χ1n) is 6.24. The van der Waals surface area contributed by atoms with E-state index in [1.807, 2.05) is 20.8 Å². The number of aromatic nitrogens is 1. The third-order valence-electron chi connectivity index (χ3n) is 2.98. The summed E-state index contributed by atoms with van der Waals surface area (Å²) in [5.74, 6) is -3.27. The maximum absolute atomic E-state index is 13.6. The first kappa shape index (κ1) is 14.6. The van der Waals surface area contributed by atoms with Crippen LogP contribution < -0.4 is 0 Å². The fourth-order valence-corrected chi connectivity index (χ4v) is 1.86. The van der Waals surface area contributed by atoms with Gasteiger partial charge < -0.3 is 4.52 Å². The van der Waals surface area contributed by atoms with Crippen molar-refractivity contribution >= 4 is 0 Å². The van der Waals surface area contributed by atoms with Crippen LogP contribution in [-0.2, 0) is 11.3 Å². The van der Waals surface area contributed by atoms with Crippen molar-refractivity contribution in [3.8, 4) is 11.3 Å². The number of alkyl halides is 2. The Bertz CT molecular complexity index is 621. The quantitative estimate of drug-likeness (QED) is 0.784. The zero-order valence-electron chi connectivity index (χ0n) is 11.8. The predicted octanol–water partition coefficient (Wildman–Crippen LogP) is 4.89. The molecule has 0 bridgehead atoms. The molecule has 1 aromatic heterocycles. The van der Waals surface area contributed by atoms with Gasteiger partial charge >= 0.3 is 0 Å². The third-order valence-corrected chi connectivity index (χ3v) is 2.98. The van der Waals surface area contributed by atoms with Gasteiger partial charge in [0.25, 0.3) is 5.92 Å². The largest absolute Gasteiger partial charge is 0.360 e. The molecule has 0 aliphatic rings. The lowest BCUT2D eigenvalue weighted by Crippen LogP contribution is -2.10. The highest BCUT2D eigenvalue weighted by Gasteiger charge is 2.30. The van der Waals surface area contributed by atoms with Crippen LogP contribution in [0.5, 0.6) is 0 Å². The van der Waals surface area contributed by atoms with Crippen molar-refractivity contribution in [3.05, 3.63) is 41.4 Å². The normalized spacial score (nSPS) is 12.8. The molecule has 1 heterocycles. The summed E-state index contributed by atoms with van der Waals surface area (Å²) >= 11 is 0. The number of benzene rings is 1. The zero-order chi connectivity index (χ0) is 15.1. The molecule has 5 heteroatoms. The Kier molecular flexibility index (Phi) is 3.40. The number of hydrogen-bond acceptors (Lipinski definition) is 2. The van der Waals surface area contributed by atoms with Gasteiger partial charge in [0, 0.05) is 29.5 Å². The highest BCUT2D eigenvalue weighted by molar-refractivity contribution is 5.64. The molecule has 0 spiro atoms. The monoisotopic (exact) mass is 283 g/mol.